The molecule has 3 rings (SSSR count). The minimum atomic E-state index is -0.803. The standard InChI is InChI=1S/C18H22ClN3O3S/c19-15-10-13(20-11-14(24)12-23)3-4-16(15)21-5-7-22(8-6-21)18(25)17-2-1-9-26-17/h1-4,9-10,14,20,23-24H,5-8,11-12H2. The number of carbonyl (C=O) groups is 1. The first-order chi connectivity index (χ1) is 12.6. The van der Waals surface area contributed by atoms with Gasteiger partial charge in [-0.25, -0.2) is 0 Å². The van der Waals surface area contributed by atoms with E-state index in [4.69, 9.17) is 16.7 Å². The highest BCUT2D eigenvalue weighted by molar-refractivity contribution is 7.12. The lowest BCUT2D eigenvalue weighted by Gasteiger charge is -2.36. The molecule has 140 valence electrons. The number of aliphatic hydroxyl groups excluding tert-OH is 2. The number of rotatable bonds is 6. The lowest BCUT2D eigenvalue weighted by atomic mass is 10.2. The van der Waals surface area contributed by atoms with Crippen molar-refractivity contribution in [2.24, 2.45) is 0 Å². The van der Waals surface area contributed by atoms with E-state index >= 15 is 0 Å². The Morgan fingerprint density at radius 1 is 1.27 bits per heavy atom. The Morgan fingerprint density at radius 3 is 2.65 bits per heavy atom. The molecule has 0 bridgehead atoms. The number of carbonyl (C=O) groups excluding carboxylic acids is 1. The van der Waals surface area contributed by atoms with Crippen LogP contribution in [0.15, 0.2) is 35.7 Å². The van der Waals surface area contributed by atoms with E-state index in [2.05, 4.69) is 10.2 Å². The maximum absolute atomic E-state index is 12.4. The van der Waals surface area contributed by atoms with E-state index in [9.17, 15) is 9.90 Å². The van der Waals surface area contributed by atoms with E-state index in [1.54, 1.807) is 0 Å². The molecule has 1 aliphatic heterocycles. The molecule has 1 amide bonds. The second-order valence-electron chi connectivity index (χ2n) is 6.14. The molecule has 8 heteroatoms. The lowest BCUT2D eigenvalue weighted by molar-refractivity contribution is 0.0751. The van der Waals surface area contributed by atoms with Crippen molar-refractivity contribution < 1.29 is 15.0 Å². The summed E-state index contributed by atoms with van der Waals surface area (Å²) in [5.74, 6) is 0.0905. The first kappa shape index (κ1) is 19.0. The van der Waals surface area contributed by atoms with Crippen molar-refractivity contribution in [3.63, 3.8) is 0 Å². The monoisotopic (exact) mass is 395 g/mol. The highest BCUT2D eigenvalue weighted by Gasteiger charge is 2.23. The molecule has 1 aromatic heterocycles. The summed E-state index contributed by atoms with van der Waals surface area (Å²) < 4.78 is 0. The summed E-state index contributed by atoms with van der Waals surface area (Å²) >= 11 is 7.89. The molecular weight excluding hydrogens is 374 g/mol. The van der Waals surface area contributed by atoms with Crippen molar-refractivity contribution in [3.05, 3.63) is 45.6 Å². The molecule has 0 saturated carbocycles. The molecule has 26 heavy (non-hydrogen) atoms. The molecule has 1 fully saturated rings. The van der Waals surface area contributed by atoms with Crippen LogP contribution in [0, 0.1) is 0 Å². The van der Waals surface area contributed by atoms with Crippen molar-refractivity contribution in [1.82, 2.24) is 4.90 Å². The molecule has 0 spiro atoms. The Labute approximate surface area is 161 Å². The van der Waals surface area contributed by atoms with Gasteiger partial charge in [0, 0.05) is 38.4 Å². The lowest BCUT2D eigenvalue weighted by Crippen LogP contribution is -2.48. The third-order valence-electron chi connectivity index (χ3n) is 4.34. The Balaban J connectivity index is 1.58. The molecule has 1 saturated heterocycles. The molecule has 1 unspecified atom stereocenters. The topological polar surface area (TPSA) is 76.0 Å². The van der Waals surface area contributed by atoms with Gasteiger partial charge in [-0.3, -0.25) is 4.79 Å². The van der Waals surface area contributed by atoms with Crippen molar-refractivity contribution in [1.29, 1.82) is 0 Å². The summed E-state index contributed by atoms with van der Waals surface area (Å²) in [6.07, 6.45) is -0.803. The number of amides is 1. The zero-order valence-electron chi connectivity index (χ0n) is 14.3. The van der Waals surface area contributed by atoms with E-state index in [0.29, 0.717) is 18.1 Å². The van der Waals surface area contributed by atoms with E-state index in [1.807, 2.05) is 40.6 Å². The number of nitrogens with one attached hydrogen (secondary N) is 1. The second kappa shape index (κ2) is 8.73. The van der Waals surface area contributed by atoms with Crippen LogP contribution >= 0.6 is 22.9 Å². The van der Waals surface area contributed by atoms with Gasteiger partial charge in [-0.2, -0.15) is 0 Å². The van der Waals surface area contributed by atoms with E-state index in [0.717, 1.165) is 29.3 Å². The van der Waals surface area contributed by atoms with Gasteiger partial charge in [-0.1, -0.05) is 17.7 Å². The van der Waals surface area contributed by atoms with Crippen LogP contribution in [0.3, 0.4) is 0 Å². The number of anilines is 2. The van der Waals surface area contributed by atoms with Crippen LogP contribution in [0.4, 0.5) is 11.4 Å². The smallest absolute Gasteiger partial charge is 0.264 e. The van der Waals surface area contributed by atoms with Gasteiger partial charge < -0.3 is 25.3 Å². The highest BCUT2D eigenvalue weighted by atomic mass is 35.5. The SMILES string of the molecule is O=C(c1cccs1)N1CCN(c2ccc(NCC(O)CO)cc2Cl)CC1. The Kier molecular flexibility index (Phi) is 6.37. The summed E-state index contributed by atoms with van der Waals surface area (Å²) in [6.45, 7) is 2.76. The van der Waals surface area contributed by atoms with Crippen LogP contribution in [0.1, 0.15) is 9.67 Å². The largest absolute Gasteiger partial charge is 0.394 e. The average molecular weight is 396 g/mol. The molecule has 0 radical (unpaired) electrons. The van der Waals surface area contributed by atoms with Gasteiger partial charge in [0.25, 0.3) is 5.91 Å². The number of halogens is 1. The molecule has 1 aromatic carbocycles. The van der Waals surface area contributed by atoms with Gasteiger partial charge in [0.15, 0.2) is 0 Å². The maximum atomic E-state index is 12.4. The molecule has 0 aliphatic carbocycles. The summed E-state index contributed by atoms with van der Waals surface area (Å²) in [4.78, 5) is 17.2. The van der Waals surface area contributed by atoms with Crippen LogP contribution in [0.2, 0.25) is 5.02 Å². The van der Waals surface area contributed by atoms with Crippen LogP contribution in [-0.2, 0) is 0 Å². The fourth-order valence-corrected chi connectivity index (χ4v) is 3.87. The van der Waals surface area contributed by atoms with Crippen molar-refractivity contribution in [3.8, 4) is 0 Å². The highest BCUT2D eigenvalue weighted by Crippen LogP contribution is 2.30. The van der Waals surface area contributed by atoms with E-state index < -0.39 is 6.10 Å². The second-order valence-corrected chi connectivity index (χ2v) is 7.49. The minimum Gasteiger partial charge on any atom is -0.394 e. The number of hydrogen-bond donors (Lipinski definition) is 3. The summed E-state index contributed by atoms with van der Waals surface area (Å²) in [5.41, 5.74) is 1.72. The van der Waals surface area contributed by atoms with Crippen LogP contribution in [-0.4, -0.2) is 66.5 Å². The fourth-order valence-electron chi connectivity index (χ4n) is 2.88. The van der Waals surface area contributed by atoms with Crippen LogP contribution in [0.5, 0.6) is 0 Å². The molecule has 2 heterocycles. The third kappa shape index (κ3) is 4.48. The minimum absolute atomic E-state index is 0.0905. The molecule has 2 aromatic rings. The summed E-state index contributed by atoms with van der Waals surface area (Å²) in [5, 5.41) is 23.8. The number of nitrogens with zero attached hydrogens (tertiary/aromatic N) is 2. The maximum Gasteiger partial charge on any atom is 0.264 e. The normalized spacial score (nSPS) is 15.8. The van der Waals surface area contributed by atoms with Gasteiger partial charge in [0.05, 0.1) is 28.3 Å². The molecule has 3 N–H and O–H groups in total. The van der Waals surface area contributed by atoms with Gasteiger partial charge in [0.1, 0.15) is 0 Å². The zero-order chi connectivity index (χ0) is 18.5. The number of hydrogen-bond acceptors (Lipinski definition) is 6. The van der Waals surface area contributed by atoms with Crippen molar-refractivity contribution in [2.45, 2.75) is 6.10 Å². The summed E-state index contributed by atoms with van der Waals surface area (Å²) in [7, 11) is 0. The van der Waals surface area contributed by atoms with E-state index in [-0.39, 0.29) is 19.1 Å². The molecular formula is C18H22ClN3O3S. The van der Waals surface area contributed by atoms with Crippen LogP contribution < -0.4 is 10.2 Å². The molecule has 1 aliphatic rings. The van der Waals surface area contributed by atoms with Crippen molar-refractivity contribution >= 4 is 40.2 Å². The van der Waals surface area contributed by atoms with E-state index in [1.165, 1.54) is 11.3 Å². The zero-order valence-corrected chi connectivity index (χ0v) is 15.8. The molecule has 6 nitrogen and oxygen atoms in total. The van der Waals surface area contributed by atoms with Gasteiger partial charge in [0.2, 0.25) is 0 Å². The molecule has 1 atom stereocenters. The Hall–Kier alpha value is -1.80. The van der Waals surface area contributed by atoms with Gasteiger partial charge >= 0.3 is 0 Å². The van der Waals surface area contributed by atoms with Crippen molar-refractivity contribution in [2.75, 3.05) is 49.5 Å². The van der Waals surface area contributed by atoms with Crippen LogP contribution in [0.25, 0.3) is 0 Å². The predicted molar refractivity (Wildman–Crippen MR) is 105 cm³/mol. The first-order valence-corrected chi connectivity index (χ1v) is 9.74. The number of thiophene rings is 1. The summed E-state index contributed by atoms with van der Waals surface area (Å²) in [6, 6.07) is 9.39. The van der Waals surface area contributed by atoms with Gasteiger partial charge in [-0.05, 0) is 29.6 Å². The van der Waals surface area contributed by atoms with Gasteiger partial charge in [-0.15, -0.1) is 11.3 Å². The average Bonchev–Trinajstić information content (AvgIpc) is 3.20. The first-order valence-electron chi connectivity index (χ1n) is 8.48. The Morgan fingerprint density at radius 2 is 2.04 bits per heavy atom. The number of aliphatic hydroxyl groups is 2. The number of benzene rings is 1. The third-order valence-corrected chi connectivity index (χ3v) is 5.50. The Bertz CT molecular complexity index is 733. The number of piperazine rings is 1. The fraction of sp³-hybridized carbons (Fsp3) is 0.389. The predicted octanol–water partition coefficient (Wildman–Crippen LogP) is 2.13. The quantitative estimate of drug-likeness (QED) is 0.698.